The molecular weight excluding hydrogens is 543 g/mol. The first-order chi connectivity index (χ1) is 20.6. The van der Waals surface area contributed by atoms with Crippen molar-refractivity contribution in [3.05, 3.63) is 89.7 Å². The van der Waals surface area contributed by atoms with Crippen molar-refractivity contribution in [2.24, 2.45) is 17.3 Å². The van der Waals surface area contributed by atoms with Crippen molar-refractivity contribution in [3.63, 3.8) is 0 Å². The first-order valence-corrected chi connectivity index (χ1v) is 15.4. The quantitative estimate of drug-likeness (QED) is 0.291. The Morgan fingerprint density at radius 2 is 1.63 bits per heavy atom. The van der Waals surface area contributed by atoms with Crippen LogP contribution in [0.4, 0.5) is 4.39 Å². The van der Waals surface area contributed by atoms with E-state index in [-0.39, 0.29) is 11.8 Å². The van der Waals surface area contributed by atoms with Gasteiger partial charge in [0.25, 0.3) is 0 Å². The fourth-order valence-corrected chi connectivity index (χ4v) is 7.28. The normalized spacial score (nSPS) is 22.9. The maximum Gasteiger partial charge on any atom is 0.326 e. The van der Waals surface area contributed by atoms with Gasteiger partial charge in [0.2, 0.25) is 5.91 Å². The van der Waals surface area contributed by atoms with Crippen LogP contribution in [0.3, 0.4) is 0 Å². The predicted octanol–water partition coefficient (Wildman–Crippen LogP) is 7.24. The number of hydrogen-bond donors (Lipinski definition) is 2. The molecule has 1 saturated heterocycles. The maximum absolute atomic E-state index is 15.6. The van der Waals surface area contributed by atoms with Gasteiger partial charge in [0, 0.05) is 35.5 Å². The molecule has 228 valence electrons. The smallest absolute Gasteiger partial charge is 0.326 e. The summed E-state index contributed by atoms with van der Waals surface area (Å²) in [4.78, 5) is 28.9. The van der Waals surface area contributed by atoms with Crippen molar-refractivity contribution in [1.29, 1.82) is 0 Å². The Labute approximate surface area is 254 Å². The number of hydrogen-bond acceptors (Lipinski definition) is 4. The lowest BCUT2D eigenvalue weighted by atomic mass is 9.72. The van der Waals surface area contributed by atoms with Crippen molar-refractivity contribution in [2.75, 3.05) is 7.11 Å². The van der Waals surface area contributed by atoms with Gasteiger partial charge in [0.05, 0.1) is 13.2 Å². The summed E-state index contributed by atoms with van der Waals surface area (Å²) in [6, 6.07) is 20.1. The molecule has 5 rings (SSSR count). The van der Waals surface area contributed by atoms with E-state index in [9.17, 15) is 14.7 Å². The summed E-state index contributed by atoms with van der Waals surface area (Å²) in [5, 5.41) is 14.4. The van der Waals surface area contributed by atoms with Crippen LogP contribution < -0.4 is 10.1 Å². The van der Waals surface area contributed by atoms with E-state index in [0.717, 1.165) is 48.8 Å². The first-order valence-electron chi connectivity index (χ1n) is 15.4. The highest BCUT2D eigenvalue weighted by molar-refractivity contribution is 5.87. The van der Waals surface area contributed by atoms with E-state index >= 15 is 4.39 Å². The third-order valence-electron chi connectivity index (χ3n) is 9.27. The zero-order valence-electron chi connectivity index (χ0n) is 25.6. The van der Waals surface area contributed by atoms with E-state index in [4.69, 9.17) is 4.74 Å². The number of carbonyl (C=O) groups excluding carboxylic acids is 1. The molecule has 4 atom stereocenters. The number of methoxy groups -OCH3 is 1. The van der Waals surface area contributed by atoms with Gasteiger partial charge in [-0.1, -0.05) is 94.6 Å². The van der Waals surface area contributed by atoms with Crippen LogP contribution in [-0.4, -0.2) is 41.1 Å². The number of amides is 1. The summed E-state index contributed by atoms with van der Waals surface area (Å²) in [5.74, 6) is -1.73. The van der Waals surface area contributed by atoms with Gasteiger partial charge in [0.1, 0.15) is 17.6 Å². The Balaban J connectivity index is 1.60. The molecule has 2 aliphatic rings. The molecule has 1 aliphatic carbocycles. The molecular formula is C36H43FN2O4. The summed E-state index contributed by atoms with van der Waals surface area (Å²) < 4.78 is 21.4. The van der Waals surface area contributed by atoms with E-state index in [1.807, 2.05) is 63.2 Å². The summed E-state index contributed by atoms with van der Waals surface area (Å²) >= 11 is 0. The van der Waals surface area contributed by atoms with Crippen molar-refractivity contribution >= 4 is 11.9 Å². The summed E-state index contributed by atoms with van der Waals surface area (Å²) in [5.41, 5.74) is 2.82. The minimum absolute atomic E-state index is 0.178. The van der Waals surface area contributed by atoms with Crippen LogP contribution in [0, 0.1) is 23.1 Å². The molecule has 1 aliphatic heterocycles. The molecule has 0 unspecified atom stereocenters. The summed E-state index contributed by atoms with van der Waals surface area (Å²) in [6.45, 7) is 6.37. The number of rotatable bonds is 8. The number of aliphatic carboxylic acids is 1. The van der Waals surface area contributed by atoms with Crippen LogP contribution >= 0.6 is 0 Å². The highest BCUT2D eigenvalue weighted by atomic mass is 19.1. The fourth-order valence-electron chi connectivity index (χ4n) is 7.28. The number of likely N-dealkylation sites (tertiary alicyclic amines) is 1. The standard InChI is InChI=1S/C36H43FN2O4/c1-36(2,3)30-31(38-22-26-21-25(19-20-29(26)43-4)23-13-7-5-8-14-23)32(27-17-11-12-18-28(27)37)39(33(30)35(41)42)34(40)24-15-9-6-10-16-24/h5,7-8,11-14,17-21,24,30-33,38H,6,9-10,15-16,22H2,1-4H3,(H,41,42)/t30-,31-,32-,33-/m0/s1. The minimum Gasteiger partial charge on any atom is -0.496 e. The van der Waals surface area contributed by atoms with Gasteiger partial charge in [-0.05, 0) is 47.6 Å². The van der Waals surface area contributed by atoms with Crippen LogP contribution in [0.15, 0.2) is 72.8 Å². The zero-order chi connectivity index (χ0) is 30.7. The molecule has 3 aromatic rings. The maximum atomic E-state index is 15.6. The molecule has 0 radical (unpaired) electrons. The second kappa shape index (κ2) is 12.9. The molecule has 2 fully saturated rings. The average Bonchev–Trinajstić information content (AvgIpc) is 3.36. The summed E-state index contributed by atoms with van der Waals surface area (Å²) in [6.07, 6.45) is 4.41. The molecule has 7 heteroatoms. The molecule has 0 aromatic heterocycles. The van der Waals surface area contributed by atoms with Crippen LogP contribution in [0.5, 0.6) is 5.75 Å². The van der Waals surface area contributed by atoms with E-state index < -0.39 is 41.2 Å². The van der Waals surface area contributed by atoms with Gasteiger partial charge in [-0.25, -0.2) is 9.18 Å². The number of carboxylic acids is 1. The van der Waals surface area contributed by atoms with Gasteiger partial charge in [0.15, 0.2) is 0 Å². The topological polar surface area (TPSA) is 78.9 Å². The van der Waals surface area contributed by atoms with E-state index in [2.05, 4.69) is 11.4 Å². The monoisotopic (exact) mass is 586 g/mol. The van der Waals surface area contributed by atoms with Gasteiger partial charge in [-0.3, -0.25) is 4.79 Å². The fraction of sp³-hybridized carbons (Fsp3) is 0.444. The highest BCUT2D eigenvalue weighted by Crippen LogP contribution is 2.50. The second-order valence-corrected chi connectivity index (χ2v) is 13.0. The summed E-state index contributed by atoms with van der Waals surface area (Å²) in [7, 11) is 1.63. The molecule has 43 heavy (non-hydrogen) atoms. The molecule has 6 nitrogen and oxygen atoms in total. The third-order valence-corrected chi connectivity index (χ3v) is 9.27. The van der Waals surface area contributed by atoms with Gasteiger partial charge < -0.3 is 20.1 Å². The predicted molar refractivity (Wildman–Crippen MR) is 166 cm³/mol. The minimum atomic E-state index is -1.10. The second-order valence-electron chi connectivity index (χ2n) is 13.0. The SMILES string of the molecule is COc1ccc(-c2ccccc2)cc1CN[C@H]1[C@H](C(C)(C)C)[C@@H](C(=O)O)N(C(=O)C2CCCCC2)[C@H]1c1ccccc1F. The lowest BCUT2D eigenvalue weighted by Gasteiger charge is -2.36. The molecule has 1 amide bonds. The Bertz CT molecular complexity index is 1430. The van der Waals surface area contributed by atoms with E-state index in [1.54, 1.807) is 25.3 Å². The number of benzene rings is 3. The molecule has 1 saturated carbocycles. The zero-order valence-corrected chi connectivity index (χ0v) is 25.6. The van der Waals surface area contributed by atoms with Crippen LogP contribution in [0.1, 0.15) is 70.0 Å². The molecule has 2 N–H and O–H groups in total. The first kappa shape index (κ1) is 30.7. The highest BCUT2D eigenvalue weighted by Gasteiger charge is 2.58. The van der Waals surface area contributed by atoms with Crippen LogP contribution in [0.2, 0.25) is 0 Å². The van der Waals surface area contributed by atoms with Crippen molar-refractivity contribution < 1.29 is 23.8 Å². The number of ether oxygens (including phenoxy) is 1. The van der Waals surface area contributed by atoms with E-state index in [1.165, 1.54) is 11.0 Å². The third kappa shape index (κ3) is 6.32. The van der Waals surface area contributed by atoms with Crippen molar-refractivity contribution in [2.45, 2.75) is 77.5 Å². The Morgan fingerprint density at radius 3 is 2.26 bits per heavy atom. The van der Waals surface area contributed by atoms with Gasteiger partial charge in [-0.2, -0.15) is 0 Å². The average molecular weight is 587 g/mol. The lowest BCUT2D eigenvalue weighted by Crippen LogP contribution is -2.49. The largest absolute Gasteiger partial charge is 0.496 e. The molecule has 0 spiro atoms. The Hall–Kier alpha value is -3.71. The number of carbonyl (C=O) groups is 2. The van der Waals surface area contributed by atoms with Crippen molar-refractivity contribution in [3.8, 4) is 16.9 Å². The Kier molecular flexibility index (Phi) is 9.21. The molecule has 1 heterocycles. The number of carboxylic acid groups (broad SMARTS) is 1. The van der Waals surface area contributed by atoms with Crippen molar-refractivity contribution in [1.82, 2.24) is 10.2 Å². The van der Waals surface area contributed by atoms with Gasteiger partial charge >= 0.3 is 5.97 Å². The number of halogens is 1. The van der Waals surface area contributed by atoms with Crippen LogP contribution in [0.25, 0.3) is 11.1 Å². The van der Waals surface area contributed by atoms with Gasteiger partial charge in [-0.15, -0.1) is 0 Å². The number of nitrogens with zero attached hydrogens (tertiary/aromatic N) is 1. The van der Waals surface area contributed by atoms with Crippen LogP contribution in [-0.2, 0) is 16.1 Å². The number of nitrogens with one attached hydrogen (secondary N) is 1. The molecule has 0 bridgehead atoms. The van der Waals surface area contributed by atoms with E-state index in [0.29, 0.717) is 17.9 Å². The molecule has 3 aromatic carbocycles. The Morgan fingerprint density at radius 1 is 0.953 bits per heavy atom. The lowest BCUT2D eigenvalue weighted by molar-refractivity contribution is -0.154.